The molecule has 0 amide bonds. The third-order valence-corrected chi connectivity index (χ3v) is 13.5. The second kappa shape index (κ2) is 13.6. The monoisotopic (exact) mass is 811 g/mol. The highest BCUT2D eigenvalue weighted by Gasteiger charge is 2.44. The fourth-order valence-corrected chi connectivity index (χ4v) is 10.3. The van der Waals surface area contributed by atoms with Crippen molar-refractivity contribution in [3.63, 3.8) is 0 Å². The van der Waals surface area contributed by atoms with Crippen molar-refractivity contribution in [2.45, 2.75) is 52.4 Å². The van der Waals surface area contributed by atoms with Gasteiger partial charge in [-0.15, -0.1) is 0 Å². The Morgan fingerprint density at radius 1 is 0.413 bits per heavy atom. The summed E-state index contributed by atoms with van der Waals surface area (Å²) in [6.45, 7) is 13.6. The van der Waals surface area contributed by atoms with Crippen LogP contribution >= 0.6 is 0 Å². The highest BCUT2D eigenvalue weighted by atomic mass is 15.2. The third-order valence-electron chi connectivity index (χ3n) is 13.5. The summed E-state index contributed by atoms with van der Waals surface area (Å²) in [5.74, 6) is 0.636. The van der Waals surface area contributed by atoms with Crippen molar-refractivity contribution in [1.82, 2.24) is 15.0 Å². The van der Waals surface area contributed by atoms with Crippen LogP contribution in [0.5, 0.6) is 0 Å². The van der Waals surface area contributed by atoms with Crippen LogP contribution in [0.25, 0.3) is 54.5 Å². The molecule has 9 aromatic carbocycles. The molecule has 12 rings (SSSR count). The average molecular weight is 812 g/mol. The second-order valence-corrected chi connectivity index (χ2v) is 19.4. The van der Waals surface area contributed by atoms with Gasteiger partial charge >= 0.3 is 0 Å². The van der Waals surface area contributed by atoms with Gasteiger partial charge in [-0.3, -0.25) is 0 Å². The van der Waals surface area contributed by atoms with Gasteiger partial charge in [-0.25, -0.2) is 15.0 Å². The van der Waals surface area contributed by atoms with Gasteiger partial charge in [0.2, 0.25) is 0 Å². The Labute approximate surface area is 368 Å². The van der Waals surface area contributed by atoms with Gasteiger partial charge in [0, 0.05) is 39.7 Å². The van der Waals surface area contributed by atoms with E-state index >= 15 is 0 Å². The van der Waals surface area contributed by atoms with Crippen molar-refractivity contribution < 1.29 is 0 Å². The van der Waals surface area contributed by atoms with Crippen LogP contribution in [0.3, 0.4) is 0 Å². The maximum Gasteiger partial charge on any atom is 0.252 e. The largest absolute Gasteiger partial charge is 0.311 e. The Kier molecular flexibility index (Phi) is 8.08. The van der Waals surface area contributed by atoms with E-state index in [-0.39, 0.29) is 17.5 Å². The van der Waals surface area contributed by atoms with Crippen LogP contribution in [0.1, 0.15) is 52.7 Å². The van der Waals surface area contributed by atoms with Crippen LogP contribution in [-0.2, 0) is 10.8 Å². The van der Waals surface area contributed by atoms with E-state index in [9.17, 15) is 0 Å². The van der Waals surface area contributed by atoms with E-state index in [1.165, 1.54) is 82.0 Å². The minimum Gasteiger partial charge on any atom is -0.311 e. The molecule has 0 bridgehead atoms. The number of fused-ring (bicyclic) bond motifs is 10. The topological polar surface area (TPSA) is 45.2 Å². The number of hydrogen-bond acceptors (Lipinski definition) is 5. The molecule has 0 fully saturated rings. The molecule has 0 N–H and O–H groups in total. The van der Waals surface area contributed by atoms with E-state index in [1.807, 2.05) is 0 Å². The van der Waals surface area contributed by atoms with E-state index in [2.05, 4.69) is 214 Å². The maximum atomic E-state index is 4.76. The SMILES string of the molecule is CC(C)(C)c1ccc(N2c3cc4c(ccc5ccccc54)cc3B3c4cc5ccc6ccccc6c5cc4N(c4ccc(C(C)(C)C)cc4)c4cc(-c5ncncn5)cc2c43)cc1. The van der Waals surface area contributed by atoms with Crippen molar-refractivity contribution in [3.8, 4) is 11.4 Å². The molecule has 302 valence electrons. The van der Waals surface area contributed by atoms with Gasteiger partial charge in [-0.1, -0.05) is 151 Å². The summed E-state index contributed by atoms with van der Waals surface area (Å²) in [5, 5.41) is 9.90. The lowest BCUT2D eigenvalue weighted by atomic mass is 9.33. The molecule has 5 nitrogen and oxygen atoms in total. The zero-order valence-corrected chi connectivity index (χ0v) is 36.5. The lowest BCUT2D eigenvalue weighted by molar-refractivity contribution is 0.590. The van der Waals surface area contributed by atoms with Crippen LogP contribution in [0.4, 0.5) is 34.1 Å². The van der Waals surface area contributed by atoms with Crippen molar-refractivity contribution in [2.75, 3.05) is 9.80 Å². The Morgan fingerprint density at radius 3 is 1.29 bits per heavy atom. The van der Waals surface area contributed by atoms with E-state index in [4.69, 9.17) is 9.97 Å². The fourth-order valence-electron chi connectivity index (χ4n) is 10.3. The van der Waals surface area contributed by atoms with Crippen LogP contribution in [0, 0.1) is 0 Å². The summed E-state index contributed by atoms with van der Waals surface area (Å²) < 4.78 is 0. The maximum absolute atomic E-state index is 4.76. The van der Waals surface area contributed by atoms with Crippen molar-refractivity contribution >= 4 is 100 Å². The van der Waals surface area contributed by atoms with Gasteiger partial charge < -0.3 is 9.80 Å². The molecule has 0 atom stereocenters. The zero-order valence-electron chi connectivity index (χ0n) is 36.5. The van der Waals surface area contributed by atoms with Crippen LogP contribution in [0.2, 0.25) is 0 Å². The number of hydrogen-bond donors (Lipinski definition) is 0. The van der Waals surface area contributed by atoms with E-state index < -0.39 is 0 Å². The quantitative estimate of drug-likeness (QED) is 0.131. The Bertz CT molecular complexity index is 3270. The first-order chi connectivity index (χ1) is 30.5. The standard InChI is InChI=1S/C57H46BN5/c1-56(2,3)40-19-23-42(24-20-40)62-50-31-46-37(17-15-35-11-7-9-13-44(35)46)27-48(50)58-49-28-38-18-16-36-12-8-10-14-45(36)47(38)32-51(49)63(43-25-21-41(22-26-43)57(4,5)6)53-30-39(29-52(62)54(53)58)55-60-33-59-34-61-55/h7-34H,1-6H3. The Hall–Kier alpha value is -7.31. The number of anilines is 6. The number of benzene rings is 9. The van der Waals surface area contributed by atoms with Crippen LogP contribution < -0.4 is 26.2 Å². The number of rotatable bonds is 3. The number of nitrogens with zero attached hydrogens (tertiary/aromatic N) is 5. The normalized spacial score (nSPS) is 13.5. The third kappa shape index (κ3) is 5.88. The lowest BCUT2D eigenvalue weighted by Gasteiger charge is -2.44. The molecule has 0 saturated carbocycles. The molecule has 6 heteroatoms. The summed E-state index contributed by atoms with van der Waals surface area (Å²) in [7, 11) is 0. The van der Waals surface area contributed by atoms with Gasteiger partial charge in [0.15, 0.2) is 5.82 Å². The van der Waals surface area contributed by atoms with Gasteiger partial charge in [0.25, 0.3) is 6.71 Å². The first-order valence-corrected chi connectivity index (χ1v) is 22.0. The summed E-state index contributed by atoms with van der Waals surface area (Å²) in [4.78, 5) is 18.8. The summed E-state index contributed by atoms with van der Waals surface area (Å²) >= 11 is 0. The molecule has 0 radical (unpaired) electrons. The number of aromatic nitrogens is 3. The molecule has 0 spiro atoms. The van der Waals surface area contributed by atoms with Gasteiger partial charge in [0.05, 0.1) is 0 Å². The van der Waals surface area contributed by atoms with Crippen molar-refractivity contribution in [3.05, 3.63) is 182 Å². The molecular weight excluding hydrogens is 765 g/mol. The average Bonchev–Trinajstić information content (AvgIpc) is 3.30. The molecule has 10 aromatic rings. The minimum atomic E-state index is -0.0747. The molecule has 1 aromatic heterocycles. The van der Waals surface area contributed by atoms with E-state index in [0.29, 0.717) is 5.82 Å². The van der Waals surface area contributed by atoms with Gasteiger partial charge in [0.1, 0.15) is 12.7 Å². The van der Waals surface area contributed by atoms with Crippen molar-refractivity contribution in [2.24, 2.45) is 0 Å². The summed E-state index contributed by atoms with van der Waals surface area (Å²) in [6, 6.07) is 59.6. The fraction of sp³-hybridized carbons (Fsp3) is 0.140. The Morgan fingerprint density at radius 2 is 0.841 bits per heavy atom. The summed E-state index contributed by atoms with van der Waals surface area (Å²) in [6.07, 6.45) is 3.20. The molecule has 0 saturated heterocycles. The second-order valence-electron chi connectivity index (χ2n) is 19.4. The van der Waals surface area contributed by atoms with Gasteiger partial charge in [-0.2, -0.15) is 0 Å². The highest BCUT2D eigenvalue weighted by Crippen LogP contribution is 2.48. The molecule has 63 heavy (non-hydrogen) atoms. The molecule has 2 aliphatic heterocycles. The van der Waals surface area contributed by atoms with Gasteiger partial charge in [-0.05, 0) is 130 Å². The molecule has 3 heterocycles. The molecular formula is C57H46BN5. The first-order valence-electron chi connectivity index (χ1n) is 22.0. The smallest absolute Gasteiger partial charge is 0.252 e. The predicted molar refractivity (Wildman–Crippen MR) is 267 cm³/mol. The van der Waals surface area contributed by atoms with Crippen LogP contribution in [0.15, 0.2) is 170 Å². The first kappa shape index (κ1) is 37.5. The molecule has 0 unspecified atom stereocenters. The van der Waals surface area contributed by atoms with E-state index in [0.717, 1.165) is 28.3 Å². The molecule has 0 aliphatic carbocycles. The van der Waals surface area contributed by atoms with Crippen molar-refractivity contribution in [1.29, 1.82) is 0 Å². The highest BCUT2D eigenvalue weighted by molar-refractivity contribution is 7.00. The minimum absolute atomic E-state index is 0.0111. The molecule has 2 aliphatic rings. The Balaban J connectivity index is 1.23. The lowest BCUT2D eigenvalue weighted by Crippen LogP contribution is -2.61. The summed E-state index contributed by atoms with van der Waals surface area (Å²) in [5.41, 5.74) is 14.2. The van der Waals surface area contributed by atoms with E-state index in [1.54, 1.807) is 12.7 Å². The zero-order chi connectivity index (χ0) is 42.8. The van der Waals surface area contributed by atoms with Crippen LogP contribution in [-0.4, -0.2) is 21.7 Å². The predicted octanol–water partition coefficient (Wildman–Crippen LogP) is 12.8.